The summed E-state index contributed by atoms with van der Waals surface area (Å²) in [5.74, 6) is 0.630. The predicted octanol–water partition coefficient (Wildman–Crippen LogP) is 1.69. The van der Waals surface area contributed by atoms with Gasteiger partial charge in [-0.05, 0) is 32.0 Å². The van der Waals surface area contributed by atoms with E-state index < -0.39 is 0 Å². The highest BCUT2D eigenvalue weighted by Crippen LogP contribution is 2.25. The molecule has 4 nitrogen and oxygen atoms in total. The molecule has 1 saturated heterocycles. The zero-order valence-electron chi connectivity index (χ0n) is 11.1. The van der Waals surface area contributed by atoms with Crippen molar-refractivity contribution in [1.29, 1.82) is 0 Å². The zero-order chi connectivity index (χ0) is 13.1. The normalized spacial score (nSPS) is 23.8. The maximum atomic E-state index is 11.0. The maximum absolute atomic E-state index is 11.0. The van der Waals surface area contributed by atoms with E-state index in [4.69, 9.17) is 4.74 Å². The summed E-state index contributed by atoms with van der Waals surface area (Å²) in [6, 6.07) is 6.68. The highest BCUT2D eigenvalue weighted by Gasteiger charge is 2.21. The van der Waals surface area contributed by atoms with E-state index in [9.17, 15) is 4.79 Å². The van der Waals surface area contributed by atoms with Crippen molar-refractivity contribution in [2.24, 2.45) is 0 Å². The molecule has 4 heteroatoms. The lowest BCUT2D eigenvalue weighted by Gasteiger charge is -2.37. The molecule has 1 fully saturated rings. The Hall–Kier alpha value is -1.55. The third kappa shape index (κ3) is 2.64. The molecule has 1 heterocycles. The van der Waals surface area contributed by atoms with E-state index >= 15 is 0 Å². The van der Waals surface area contributed by atoms with Gasteiger partial charge in [0, 0.05) is 30.9 Å². The Kier molecular flexibility index (Phi) is 3.87. The van der Waals surface area contributed by atoms with E-state index in [2.05, 4.69) is 24.1 Å². The fourth-order valence-corrected chi connectivity index (χ4v) is 2.55. The Bertz CT molecular complexity index is 424. The highest BCUT2D eigenvalue weighted by molar-refractivity contribution is 5.81. The Balaban J connectivity index is 2.25. The standard InChI is InChI=1S/C14H20N2O2/c1-10-7-16(8-11(2)15-10)13-4-5-14(18-3)12(6-13)9-17/h4-6,9-11,15H,7-8H2,1-3H3. The van der Waals surface area contributed by atoms with Crippen molar-refractivity contribution in [3.8, 4) is 5.75 Å². The van der Waals surface area contributed by atoms with Crippen molar-refractivity contribution in [3.63, 3.8) is 0 Å². The van der Waals surface area contributed by atoms with Gasteiger partial charge >= 0.3 is 0 Å². The van der Waals surface area contributed by atoms with Gasteiger partial charge in [-0.1, -0.05) is 0 Å². The van der Waals surface area contributed by atoms with Crippen LogP contribution in [-0.2, 0) is 0 Å². The summed E-state index contributed by atoms with van der Waals surface area (Å²) in [5.41, 5.74) is 1.69. The van der Waals surface area contributed by atoms with E-state index in [1.165, 1.54) is 0 Å². The number of carbonyl (C=O) groups excluding carboxylic acids is 1. The van der Waals surface area contributed by atoms with Crippen molar-refractivity contribution in [3.05, 3.63) is 23.8 Å². The number of piperazine rings is 1. The number of anilines is 1. The molecule has 0 bridgehead atoms. The number of nitrogens with zero attached hydrogens (tertiary/aromatic N) is 1. The molecule has 0 aromatic heterocycles. The van der Waals surface area contributed by atoms with Gasteiger partial charge in [-0.3, -0.25) is 4.79 Å². The summed E-state index contributed by atoms with van der Waals surface area (Å²) in [5, 5.41) is 3.49. The van der Waals surface area contributed by atoms with Crippen LogP contribution in [0.4, 0.5) is 5.69 Å². The smallest absolute Gasteiger partial charge is 0.153 e. The first-order valence-electron chi connectivity index (χ1n) is 6.28. The molecular formula is C14H20N2O2. The molecule has 2 atom stereocenters. The van der Waals surface area contributed by atoms with Crippen molar-refractivity contribution in [2.75, 3.05) is 25.1 Å². The second-order valence-electron chi connectivity index (χ2n) is 4.92. The second kappa shape index (κ2) is 5.40. The Morgan fingerprint density at radius 1 is 1.33 bits per heavy atom. The minimum Gasteiger partial charge on any atom is -0.496 e. The van der Waals surface area contributed by atoms with Gasteiger partial charge in [0.2, 0.25) is 0 Å². The molecule has 1 aromatic rings. The summed E-state index contributed by atoms with van der Waals surface area (Å²) >= 11 is 0. The summed E-state index contributed by atoms with van der Waals surface area (Å²) in [6.45, 7) is 6.25. The van der Waals surface area contributed by atoms with Crippen LogP contribution >= 0.6 is 0 Å². The largest absolute Gasteiger partial charge is 0.496 e. The molecule has 98 valence electrons. The molecule has 0 spiro atoms. The molecular weight excluding hydrogens is 228 g/mol. The molecule has 2 unspecified atom stereocenters. The van der Waals surface area contributed by atoms with Gasteiger partial charge in [0.25, 0.3) is 0 Å². The molecule has 0 amide bonds. The molecule has 18 heavy (non-hydrogen) atoms. The summed E-state index contributed by atoms with van der Waals surface area (Å²) in [4.78, 5) is 13.3. The number of ether oxygens (including phenoxy) is 1. The first-order valence-corrected chi connectivity index (χ1v) is 6.28. The molecule has 1 aromatic carbocycles. The van der Waals surface area contributed by atoms with Gasteiger partial charge in [-0.25, -0.2) is 0 Å². The number of hydrogen-bond donors (Lipinski definition) is 1. The summed E-state index contributed by atoms with van der Waals surface area (Å²) in [6.07, 6.45) is 0.845. The van der Waals surface area contributed by atoms with Gasteiger partial charge in [-0.15, -0.1) is 0 Å². The quantitative estimate of drug-likeness (QED) is 0.827. The number of rotatable bonds is 3. The maximum Gasteiger partial charge on any atom is 0.153 e. The van der Waals surface area contributed by atoms with E-state index in [0.717, 1.165) is 25.1 Å². The van der Waals surface area contributed by atoms with Crippen molar-refractivity contribution >= 4 is 12.0 Å². The number of nitrogens with one attached hydrogen (secondary N) is 1. The number of benzene rings is 1. The fourth-order valence-electron chi connectivity index (χ4n) is 2.55. The first-order chi connectivity index (χ1) is 8.63. The van der Waals surface area contributed by atoms with Crippen LogP contribution in [-0.4, -0.2) is 38.6 Å². The van der Waals surface area contributed by atoms with E-state index in [1.807, 2.05) is 18.2 Å². The van der Waals surface area contributed by atoms with Crippen LogP contribution in [0.3, 0.4) is 0 Å². The zero-order valence-corrected chi connectivity index (χ0v) is 11.1. The SMILES string of the molecule is COc1ccc(N2CC(C)NC(C)C2)cc1C=O. The van der Waals surface area contributed by atoms with E-state index in [-0.39, 0.29) is 0 Å². The van der Waals surface area contributed by atoms with Crippen molar-refractivity contribution in [1.82, 2.24) is 5.32 Å². The molecule has 1 aliphatic heterocycles. The van der Waals surface area contributed by atoms with Crippen LogP contribution in [0, 0.1) is 0 Å². The average Bonchev–Trinajstić information content (AvgIpc) is 2.36. The highest BCUT2D eigenvalue weighted by atomic mass is 16.5. The predicted molar refractivity (Wildman–Crippen MR) is 72.7 cm³/mol. The minimum atomic E-state index is 0.454. The second-order valence-corrected chi connectivity index (χ2v) is 4.92. The topological polar surface area (TPSA) is 41.6 Å². The third-order valence-corrected chi connectivity index (χ3v) is 3.26. The van der Waals surface area contributed by atoms with E-state index in [0.29, 0.717) is 23.4 Å². The van der Waals surface area contributed by atoms with Gasteiger partial charge in [-0.2, -0.15) is 0 Å². The van der Waals surface area contributed by atoms with Crippen LogP contribution in [0.15, 0.2) is 18.2 Å². The first kappa shape index (κ1) is 12.9. The lowest BCUT2D eigenvalue weighted by atomic mass is 10.1. The van der Waals surface area contributed by atoms with Crippen LogP contribution in [0.1, 0.15) is 24.2 Å². The molecule has 0 aliphatic carbocycles. The van der Waals surface area contributed by atoms with Crippen LogP contribution in [0.25, 0.3) is 0 Å². The molecule has 2 rings (SSSR count). The van der Waals surface area contributed by atoms with Crippen LogP contribution < -0.4 is 15.0 Å². The summed E-state index contributed by atoms with van der Waals surface area (Å²) in [7, 11) is 1.58. The number of carbonyl (C=O) groups is 1. The van der Waals surface area contributed by atoms with Crippen LogP contribution in [0.5, 0.6) is 5.75 Å². The van der Waals surface area contributed by atoms with Gasteiger partial charge in [0.1, 0.15) is 5.75 Å². The van der Waals surface area contributed by atoms with Crippen molar-refractivity contribution < 1.29 is 9.53 Å². The van der Waals surface area contributed by atoms with Gasteiger partial charge in [0.05, 0.1) is 12.7 Å². The van der Waals surface area contributed by atoms with Crippen LogP contribution in [0.2, 0.25) is 0 Å². The van der Waals surface area contributed by atoms with Gasteiger partial charge in [0.15, 0.2) is 6.29 Å². The van der Waals surface area contributed by atoms with E-state index in [1.54, 1.807) is 7.11 Å². The monoisotopic (exact) mass is 248 g/mol. The third-order valence-electron chi connectivity index (χ3n) is 3.26. The van der Waals surface area contributed by atoms with Gasteiger partial charge < -0.3 is 15.0 Å². The minimum absolute atomic E-state index is 0.454. The lowest BCUT2D eigenvalue weighted by molar-refractivity contribution is 0.112. The number of methoxy groups -OCH3 is 1. The lowest BCUT2D eigenvalue weighted by Crippen LogP contribution is -2.54. The Labute approximate surface area is 108 Å². The number of aldehydes is 1. The summed E-state index contributed by atoms with van der Waals surface area (Å²) < 4.78 is 5.16. The molecule has 1 aliphatic rings. The molecule has 1 N–H and O–H groups in total. The molecule has 0 radical (unpaired) electrons. The van der Waals surface area contributed by atoms with Crippen molar-refractivity contribution in [2.45, 2.75) is 25.9 Å². The average molecular weight is 248 g/mol. The molecule has 0 saturated carbocycles. The Morgan fingerprint density at radius 3 is 2.56 bits per heavy atom. The fraction of sp³-hybridized carbons (Fsp3) is 0.500. The number of hydrogen-bond acceptors (Lipinski definition) is 4. The Morgan fingerprint density at radius 2 is 2.00 bits per heavy atom.